The first-order valence-electron chi connectivity index (χ1n) is 9.96. The van der Waals surface area contributed by atoms with Gasteiger partial charge in [0.15, 0.2) is 5.65 Å². The van der Waals surface area contributed by atoms with Crippen LogP contribution in [-0.2, 0) is 11.3 Å². The number of hydrogen-bond donors (Lipinski definition) is 3. The lowest BCUT2D eigenvalue weighted by Crippen LogP contribution is -2.27. The van der Waals surface area contributed by atoms with Crippen LogP contribution in [0.3, 0.4) is 0 Å². The molecule has 0 unspecified atom stereocenters. The summed E-state index contributed by atoms with van der Waals surface area (Å²) in [6.45, 7) is 4.09. The van der Waals surface area contributed by atoms with Crippen LogP contribution < -0.4 is 10.6 Å². The maximum atomic E-state index is 12.6. The number of benzene rings is 1. The molecular formula is C21H23N7O. The summed E-state index contributed by atoms with van der Waals surface area (Å²) in [6, 6.07) is 9.61. The Morgan fingerprint density at radius 1 is 1.28 bits per heavy atom. The van der Waals surface area contributed by atoms with E-state index >= 15 is 0 Å². The zero-order valence-electron chi connectivity index (χ0n) is 16.3. The summed E-state index contributed by atoms with van der Waals surface area (Å²) in [4.78, 5) is 25.1. The summed E-state index contributed by atoms with van der Waals surface area (Å²) in [7, 11) is 0. The Hall–Kier alpha value is -3.26. The van der Waals surface area contributed by atoms with E-state index in [0.717, 1.165) is 65.2 Å². The topological polar surface area (TPSA) is 101 Å². The third-order valence-corrected chi connectivity index (χ3v) is 5.49. The highest BCUT2D eigenvalue weighted by atomic mass is 16.2. The van der Waals surface area contributed by atoms with Gasteiger partial charge in [0, 0.05) is 23.2 Å². The molecule has 1 aliphatic heterocycles. The van der Waals surface area contributed by atoms with Crippen molar-refractivity contribution in [2.75, 3.05) is 18.4 Å². The van der Waals surface area contributed by atoms with Gasteiger partial charge >= 0.3 is 0 Å². The molecule has 1 aromatic carbocycles. The first-order chi connectivity index (χ1) is 14.2. The summed E-state index contributed by atoms with van der Waals surface area (Å²) < 4.78 is 1.64. The monoisotopic (exact) mass is 389 g/mol. The van der Waals surface area contributed by atoms with Crippen LogP contribution in [0, 0.1) is 6.92 Å². The Bertz CT molecular complexity index is 1190. The van der Waals surface area contributed by atoms with E-state index in [1.807, 2.05) is 37.3 Å². The molecule has 29 heavy (non-hydrogen) atoms. The first kappa shape index (κ1) is 17.8. The fourth-order valence-electron chi connectivity index (χ4n) is 4.01. The van der Waals surface area contributed by atoms with Crippen LogP contribution >= 0.6 is 0 Å². The number of amides is 1. The number of carbonyl (C=O) groups is 1. The molecule has 0 aliphatic carbocycles. The van der Waals surface area contributed by atoms with Gasteiger partial charge in [-0.3, -0.25) is 4.79 Å². The van der Waals surface area contributed by atoms with E-state index < -0.39 is 0 Å². The van der Waals surface area contributed by atoms with Crippen molar-refractivity contribution in [3.05, 3.63) is 48.0 Å². The minimum absolute atomic E-state index is 0.114. The third kappa shape index (κ3) is 3.47. The zero-order chi connectivity index (χ0) is 19.8. The number of rotatable bonds is 4. The predicted octanol–water partition coefficient (Wildman–Crippen LogP) is 2.72. The molecule has 8 heteroatoms. The predicted molar refractivity (Wildman–Crippen MR) is 112 cm³/mol. The molecule has 3 N–H and O–H groups in total. The second kappa shape index (κ2) is 7.29. The number of carbonyl (C=O) groups excluding carboxylic acids is 1. The Morgan fingerprint density at radius 3 is 3.00 bits per heavy atom. The van der Waals surface area contributed by atoms with Crippen LogP contribution in [0.2, 0.25) is 0 Å². The number of nitrogens with zero attached hydrogens (tertiary/aromatic N) is 4. The SMILES string of the molecule is Cc1nn(CC(=O)Nc2ccc3nc(C4CCNCC4)[nH]c3c2)c2ncccc12. The molecule has 1 fully saturated rings. The lowest BCUT2D eigenvalue weighted by atomic mass is 9.98. The Balaban J connectivity index is 1.33. The van der Waals surface area contributed by atoms with Crippen molar-refractivity contribution in [3.8, 4) is 0 Å². The minimum Gasteiger partial charge on any atom is -0.342 e. The molecule has 3 aromatic heterocycles. The van der Waals surface area contributed by atoms with Crippen molar-refractivity contribution in [2.24, 2.45) is 0 Å². The molecule has 5 rings (SSSR count). The number of hydrogen-bond acceptors (Lipinski definition) is 5. The molecule has 1 aliphatic rings. The quantitative estimate of drug-likeness (QED) is 0.498. The number of nitrogens with one attached hydrogen (secondary N) is 3. The Morgan fingerprint density at radius 2 is 2.14 bits per heavy atom. The molecule has 0 spiro atoms. The van der Waals surface area contributed by atoms with Crippen molar-refractivity contribution in [1.82, 2.24) is 30.0 Å². The molecule has 4 heterocycles. The largest absolute Gasteiger partial charge is 0.342 e. The van der Waals surface area contributed by atoms with E-state index in [4.69, 9.17) is 4.98 Å². The van der Waals surface area contributed by atoms with Gasteiger partial charge in [-0.15, -0.1) is 0 Å². The molecule has 4 aromatic rings. The molecule has 8 nitrogen and oxygen atoms in total. The zero-order valence-corrected chi connectivity index (χ0v) is 16.3. The maximum Gasteiger partial charge on any atom is 0.246 e. The van der Waals surface area contributed by atoms with Gasteiger partial charge in [-0.1, -0.05) is 0 Å². The van der Waals surface area contributed by atoms with Crippen LogP contribution in [-0.4, -0.2) is 43.7 Å². The molecule has 0 radical (unpaired) electrons. The van der Waals surface area contributed by atoms with Crippen molar-refractivity contribution in [3.63, 3.8) is 0 Å². The number of imidazole rings is 1. The Kier molecular flexibility index (Phi) is 4.48. The normalized spacial score (nSPS) is 15.2. The molecule has 0 atom stereocenters. The van der Waals surface area contributed by atoms with Crippen molar-refractivity contribution in [1.29, 1.82) is 0 Å². The average molecular weight is 389 g/mol. The maximum absolute atomic E-state index is 12.6. The standard InChI is InChI=1S/C21H23N7O/c1-13-16-3-2-8-23-21(16)28(27-13)12-19(29)24-15-4-5-17-18(11-15)26-20(25-17)14-6-9-22-10-7-14/h2-5,8,11,14,22H,6-7,9-10,12H2,1H3,(H,24,29)(H,25,26). The molecule has 0 bridgehead atoms. The van der Waals surface area contributed by atoms with Crippen LogP contribution in [0.15, 0.2) is 36.5 Å². The number of aromatic amines is 1. The van der Waals surface area contributed by atoms with Gasteiger partial charge in [-0.25, -0.2) is 14.6 Å². The van der Waals surface area contributed by atoms with Crippen LogP contribution in [0.1, 0.15) is 30.3 Å². The molecule has 1 amide bonds. The lowest BCUT2D eigenvalue weighted by Gasteiger charge is -2.20. The highest BCUT2D eigenvalue weighted by Crippen LogP contribution is 2.26. The molecular weight excluding hydrogens is 366 g/mol. The summed E-state index contributed by atoms with van der Waals surface area (Å²) in [6.07, 6.45) is 3.90. The second-order valence-corrected chi connectivity index (χ2v) is 7.54. The summed E-state index contributed by atoms with van der Waals surface area (Å²) in [5, 5.41) is 11.8. The summed E-state index contributed by atoms with van der Waals surface area (Å²) >= 11 is 0. The number of pyridine rings is 1. The third-order valence-electron chi connectivity index (χ3n) is 5.49. The van der Waals surface area contributed by atoms with Gasteiger partial charge in [-0.05, 0) is 63.2 Å². The van der Waals surface area contributed by atoms with Crippen molar-refractivity contribution < 1.29 is 4.79 Å². The van der Waals surface area contributed by atoms with Gasteiger partial charge < -0.3 is 15.6 Å². The fraction of sp³-hybridized carbons (Fsp3) is 0.333. The highest BCUT2D eigenvalue weighted by molar-refractivity contribution is 5.93. The van der Waals surface area contributed by atoms with Gasteiger partial charge in [-0.2, -0.15) is 5.10 Å². The molecule has 0 saturated carbocycles. The summed E-state index contributed by atoms with van der Waals surface area (Å²) in [5.41, 5.74) is 4.19. The average Bonchev–Trinajstić information content (AvgIpc) is 3.30. The first-order valence-corrected chi connectivity index (χ1v) is 9.96. The number of anilines is 1. The minimum atomic E-state index is -0.141. The smallest absolute Gasteiger partial charge is 0.246 e. The van der Waals surface area contributed by atoms with E-state index in [2.05, 4.69) is 25.7 Å². The van der Waals surface area contributed by atoms with E-state index in [-0.39, 0.29) is 12.5 Å². The van der Waals surface area contributed by atoms with Crippen LogP contribution in [0.5, 0.6) is 0 Å². The second-order valence-electron chi connectivity index (χ2n) is 7.54. The van der Waals surface area contributed by atoms with Crippen molar-refractivity contribution >= 4 is 33.7 Å². The summed E-state index contributed by atoms with van der Waals surface area (Å²) in [5.74, 6) is 1.36. The number of H-pyrrole nitrogens is 1. The highest BCUT2D eigenvalue weighted by Gasteiger charge is 2.19. The van der Waals surface area contributed by atoms with Crippen LogP contribution in [0.4, 0.5) is 5.69 Å². The van der Waals surface area contributed by atoms with Gasteiger partial charge in [0.25, 0.3) is 0 Å². The van der Waals surface area contributed by atoms with Crippen molar-refractivity contribution in [2.45, 2.75) is 32.2 Å². The van der Waals surface area contributed by atoms with Gasteiger partial charge in [0.1, 0.15) is 12.4 Å². The number of aryl methyl sites for hydroxylation is 1. The van der Waals surface area contributed by atoms with E-state index in [1.165, 1.54) is 0 Å². The van der Waals surface area contributed by atoms with Gasteiger partial charge in [0.05, 0.1) is 16.7 Å². The fourth-order valence-corrected chi connectivity index (χ4v) is 4.01. The molecule has 148 valence electrons. The Labute approximate surface area is 167 Å². The van der Waals surface area contributed by atoms with Crippen LogP contribution in [0.25, 0.3) is 22.1 Å². The number of aromatic nitrogens is 5. The number of piperidine rings is 1. The molecule has 1 saturated heterocycles. The van der Waals surface area contributed by atoms with E-state index in [0.29, 0.717) is 5.92 Å². The lowest BCUT2D eigenvalue weighted by molar-refractivity contribution is -0.116. The van der Waals surface area contributed by atoms with E-state index in [1.54, 1.807) is 10.9 Å². The number of fused-ring (bicyclic) bond motifs is 2. The van der Waals surface area contributed by atoms with Gasteiger partial charge in [0.2, 0.25) is 5.91 Å². The van der Waals surface area contributed by atoms with E-state index in [9.17, 15) is 4.79 Å².